The van der Waals surface area contributed by atoms with Gasteiger partial charge in [-0.25, -0.2) is 0 Å². The lowest BCUT2D eigenvalue weighted by molar-refractivity contribution is -0.140. The Morgan fingerprint density at radius 2 is 1.83 bits per heavy atom. The van der Waals surface area contributed by atoms with Gasteiger partial charge in [0.05, 0.1) is 6.04 Å². The van der Waals surface area contributed by atoms with Crippen LogP contribution in [0.5, 0.6) is 0 Å². The van der Waals surface area contributed by atoms with Crippen molar-refractivity contribution in [2.75, 3.05) is 0 Å². The van der Waals surface area contributed by atoms with Crippen LogP contribution in [0.15, 0.2) is 0 Å². The molecule has 106 valence electrons. The van der Waals surface area contributed by atoms with Crippen LogP contribution in [0.2, 0.25) is 0 Å². The lowest BCUT2D eigenvalue weighted by Crippen LogP contribution is -2.51. The third kappa shape index (κ3) is 5.27. The lowest BCUT2D eigenvalue weighted by Gasteiger charge is -2.28. The molecule has 4 heteroatoms. The Hall–Kier alpha value is -0.740. The highest BCUT2D eigenvalue weighted by molar-refractivity contribution is 5.95. The van der Waals surface area contributed by atoms with Crippen molar-refractivity contribution in [3.05, 3.63) is 0 Å². The van der Waals surface area contributed by atoms with Gasteiger partial charge in [0.25, 0.3) is 0 Å². The Kier molecular flexibility index (Phi) is 7.33. The zero-order valence-electron chi connectivity index (χ0n) is 12.2. The van der Waals surface area contributed by atoms with Crippen LogP contribution in [0.3, 0.4) is 0 Å². The van der Waals surface area contributed by atoms with E-state index >= 15 is 0 Å². The molecule has 0 rings (SSSR count). The zero-order valence-corrected chi connectivity index (χ0v) is 12.2. The van der Waals surface area contributed by atoms with Crippen molar-refractivity contribution in [2.45, 2.75) is 78.0 Å². The van der Waals surface area contributed by atoms with E-state index in [1.807, 2.05) is 13.8 Å². The summed E-state index contributed by atoms with van der Waals surface area (Å²) in [5.41, 5.74) is -1.36. The summed E-state index contributed by atoms with van der Waals surface area (Å²) in [5, 5.41) is 13.2. The van der Waals surface area contributed by atoms with Crippen molar-refractivity contribution in [3.63, 3.8) is 0 Å². The van der Waals surface area contributed by atoms with Crippen LogP contribution in [0.1, 0.15) is 60.3 Å². The van der Waals surface area contributed by atoms with Gasteiger partial charge in [-0.15, -0.1) is 0 Å². The van der Waals surface area contributed by atoms with Crippen molar-refractivity contribution in [3.8, 4) is 0 Å². The van der Waals surface area contributed by atoms with Gasteiger partial charge in [-0.2, -0.15) is 0 Å². The summed E-state index contributed by atoms with van der Waals surface area (Å²) >= 11 is 0. The summed E-state index contributed by atoms with van der Waals surface area (Å²) in [6.07, 6.45) is 1.80. The highest BCUT2D eigenvalue weighted by Crippen LogP contribution is 2.15. The van der Waals surface area contributed by atoms with Gasteiger partial charge >= 0.3 is 0 Å². The second-order valence-corrected chi connectivity index (χ2v) is 5.12. The standard InChI is InChI=1S/C14H27NO3/c1-6-10(4)15-12(9-11(16)7-2)13(17)14(5,18)8-3/h10,12,15,18H,6-9H2,1-5H3. The molecule has 3 atom stereocenters. The molecule has 0 aliphatic heterocycles. The van der Waals surface area contributed by atoms with E-state index in [2.05, 4.69) is 5.32 Å². The predicted molar refractivity (Wildman–Crippen MR) is 72.5 cm³/mol. The summed E-state index contributed by atoms with van der Waals surface area (Å²) in [6.45, 7) is 9.04. The fraction of sp³-hybridized carbons (Fsp3) is 0.857. The SMILES string of the molecule is CCC(=O)CC(NC(C)CC)C(=O)C(C)(O)CC. The Morgan fingerprint density at radius 1 is 1.28 bits per heavy atom. The Bertz CT molecular complexity index is 287. The molecule has 0 aliphatic rings. The van der Waals surface area contributed by atoms with Crippen LogP contribution in [-0.4, -0.2) is 34.4 Å². The fourth-order valence-electron chi connectivity index (χ4n) is 1.61. The summed E-state index contributed by atoms with van der Waals surface area (Å²) < 4.78 is 0. The fourth-order valence-corrected chi connectivity index (χ4v) is 1.61. The Labute approximate surface area is 110 Å². The van der Waals surface area contributed by atoms with Crippen molar-refractivity contribution in [1.29, 1.82) is 0 Å². The number of carbonyl (C=O) groups is 2. The minimum Gasteiger partial charge on any atom is -0.382 e. The maximum atomic E-state index is 12.2. The molecule has 0 bridgehead atoms. The van der Waals surface area contributed by atoms with E-state index in [9.17, 15) is 14.7 Å². The number of rotatable bonds is 9. The minimum absolute atomic E-state index is 0.0380. The molecule has 0 aliphatic carbocycles. The van der Waals surface area contributed by atoms with Crippen molar-refractivity contribution < 1.29 is 14.7 Å². The van der Waals surface area contributed by atoms with Crippen LogP contribution in [-0.2, 0) is 9.59 Å². The molecule has 2 N–H and O–H groups in total. The second kappa shape index (κ2) is 7.64. The minimum atomic E-state index is -1.36. The zero-order chi connectivity index (χ0) is 14.3. The third-order valence-corrected chi connectivity index (χ3v) is 3.46. The molecule has 0 amide bonds. The highest BCUT2D eigenvalue weighted by atomic mass is 16.3. The van der Waals surface area contributed by atoms with E-state index in [0.29, 0.717) is 12.8 Å². The molecule has 0 heterocycles. The predicted octanol–water partition coefficient (Wildman–Crippen LogP) is 1.84. The first kappa shape index (κ1) is 17.3. The van der Waals surface area contributed by atoms with Gasteiger partial charge in [-0.05, 0) is 26.7 Å². The molecule has 0 saturated heterocycles. The van der Waals surface area contributed by atoms with Crippen LogP contribution >= 0.6 is 0 Å². The molecular formula is C14H27NO3. The first-order valence-corrected chi connectivity index (χ1v) is 6.82. The van der Waals surface area contributed by atoms with Gasteiger partial charge in [0.1, 0.15) is 11.4 Å². The first-order chi connectivity index (χ1) is 8.28. The van der Waals surface area contributed by atoms with E-state index in [-0.39, 0.29) is 24.0 Å². The number of ketones is 2. The molecule has 3 unspecified atom stereocenters. The maximum absolute atomic E-state index is 12.2. The van der Waals surface area contributed by atoms with Gasteiger partial charge < -0.3 is 10.4 Å². The van der Waals surface area contributed by atoms with Crippen molar-refractivity contribution in [2.24, 2.45) is 0 Å². The summed E-state index contributed by atoms with van der Waals surface area (Å²) in [5.74, 6) is -0.247. The number of hydrogen-bond donors (Lipinski definition) is 2. The molecular weight excluding hydrogens is 230 g/mol. The third-order valence-electron chi connectivity index (χ3n) is 3.46. The molecule has 4 nitrogen and oxygen atoms in total. The molecule has 0 fully saturated rings. The average Bonchev–Trinajstić information content (AvgIpc) is 2.36. The number of Topliss-reactive ketones (excluding diaryl/α,β-unsaturated/α-hetero) is 2. The average molecular weight is 257 g/mol. The molecule has 18 heavy (non-hydrogen) atoms. The van der Waals surface area contributed by atoms with E-state index < -0.39 is 11.6 Å². The molecule has 0 aromatic carbocycles. The number of aliphatic hydroxyl groups is 1. The summed E-state index contributed by atoms with van der Waals surface area (Å²) in [4.78, 5) is 23.8. The Morgan fingerprint density at radius 3 is 2.22 bits per heavy atom. The summed E-state index contributed by atoms with van der Waals surface area (Å²) in [6, 6.07) is -0.432. The monoisotopic (exact) mass is 257 g/mol. The highest BCUT2D eigenvalue weighted by Gasteiger charge is 2.35. The normalized spacial score (nSPS) is 17.9. The molecule has 0 saturated carbocycles. The quantitative estimate of drug-likeness (QED) is 0.661. The molecule has 0 radical (unpaired) electrons. The van der Waals surface area contributed by atoms with Crippen LogP contribution in [0.4, 0.5) is 0 Å². The van der Waals surface area contributed by atoms with Crippen molar-refractivity contribution >= 4 is 11.6 Å². The number of carbonyl (C=O) groups excluding carboxylic acids is 2. The smallest absolute Gasteiger partial charge is 0.181 e. The largest absolute Gasteiger partial charge is 0.382 e. The maximum Gasteiger partial charge on any atom is 0.181 e. The van der Waals surface area contributed by atoms with Gasteiger partial charge in [-0.1, -0.05) is 20.8 Å². The first-order valence-electron chi connectivity index (χ1n) is 6.82. The lowest BCUT2D eigenvalue weighted by atomic mass is 9.89. The van der Waals surface area contributed by atoms with Crippen LogP contribution in [0.25, 0.3) is 0 Å². The van der Waals surface area contributed by atoms with Gasteiger partial charge in [0.2, 0.25) is 0 Å². The van der Waals surface area contributed by atoms with Gasteiger partial charge in [0.15, 0.2) is 5.78 Å². The van der Waals surface area contributed by atoms with Crippen LogP contribution in [0, 0.1) is 0 Å². The van der Waals surface area contributed by atoms with E-state index in [4.69, 9.17) is 0 Å². The number of hydrogen-bond acceptors (Lipinski definition) is 4. The molecule has 0 aromatic rings. The van der Waals surface area contributed by atoms with Gasteiger partial charge in [-0.3, -0.25) is 9.59 Å². The van der Waals surface area contributed by atoms with Crippen LogP contribution < -0.4 is 5.32 Å². The number of nitrogens with one attached hydrogen (secondary N) is 1. The van der Waals surface area contributed by atoms with E-state index in [1.165, 1.54) is 6.92 Å². The molecule has 0 spiro atoms. The second-order valence-electron chi connectivity index (χ2n) is 5.12. The Balaban J connectivity index is 4.85. The summed E-state index contributed by atoms with van der Waals surface area (Å²) in [7, 11) is 0. The topological polar surface area (TPSA) is 66.4 Å². The van der Waals surface area contributed by atoms with Gasteiger partial charge in [0, 0.05) is 18.9 Å². The van der Waals surface area contributed by atoms with E-state index in [1.54, 1.807) is 13.8 Å². The van der Waals surface area contributed by atoms with Crippen molar-refractivity contribution in [1.82, 2.24) is 5.32 Å². The molecule has 0 aromatic heterocycles. The van der Waals surface area contributed by atoms with E-state index in [0.717, 1.165) is 6.42 Å².